The van der Waals surface area contributed by atoms with Gasteiger partial charge in [-0.15, -0.1) is 0 Å². The zero-order valence-corrected chi connectivity index (χ0v) is 15.8. The van der Waals surface area contributed by atoms with Gasteiger partial charge in [-0.1, -0.05) is 34.1 Å². The van der Waals surface area contributed by atoms with Crippen LogP contribution in [0.5, 0.6) is 0 Å². The molecule has 1 aromatic carbocycles. The van der Waals surface area contributed by atoms with E-state index in [9.17, 15) is 4.79 Å². The van der Waals surface area contributed by atoms with Crippen LogP contribution in [0.1, 0.15) is 46.1 Å². The van der Waals surface area contributed by atoms with Gasteiger partial charge in [0, 0.05) is 27.8 Å². The van der Waals surface area contributed by atoms with E-state index in [-0.39, 0.29) is 23.2 Å². The van der Waals surface area contributed by atoms with Crippen LogP contribution in [0, 0.1) is 0 Å². The fraction of sp³-hybridized carbons (Fsp3) is 0.500. The molecular formula is C18H26BrN3O. The molecular weight excluding hydrogens is 354 g/mol. The molecule has 0 aliphatic carbocycles. The summed E-state index contributed by atoms with van der Waals surface area (Å²) in [6.45, 7) is 8.70. The molecule has 0 atom stereocenters. The second-order valence-corrected chi connectivity index (χ2v) is 8.32. The zero-order valence-electron chi connectivity index (χ0n) is 14.2. The molecule has 1 saturated heterocycles. The third-order valence-corrected chi connectivity index (χ3v) is 4.63. The Bertz CT molecular complexity index is 580. The van der Waals surface area contributed by atoms with Crippen LogP contribution in [0.4, 0.5) is 4.79 Å². The van der Waals surface area contributed by atoms with Crippen LogP contribution in [0.3, 0.4) is 0 Å². The van der Waals surface area contributed by atoms with Gasteiger partial charge in [0.15, 0.2) is 0 Å². The Morgan fingerprint density at radius 3 is 2.43 bits per heavy atom. The molecule has 0 radical (unpaired) electrons. The number of carbonyl (C=O) groups excluding carboxylic acids is 1. The lowest BCUT2D eigenvalue weighted by Crippen LogP contribution is -2.62. The number of carbonyl (C=O) groups is 1. The molecule has 0 bridgehead atoms. The van der Waals surface area contributed by atoms with E-state index in [4.69, 9.17) is 0 Å². The van der Waals surface area contributed by atoms with Gasteiger partial charge in [-0.25, -0.2) is 4.79 Å². The summed E-state index contributed by atoms with van der Waals surface area (Å²) < 4.78 is 1.00. The van der Waals surface area contributed by atoms with E-state index in [1.807, 2.05) is 30.3 Å². The maximum atomic E-state index is 12.1. The first kappa shape index (κ1) is 18.0. The number of halogens is 1. The van der Waals surface area contributed by atoms with Crippen molar-refractivity contribution in [2.24, 2.45) is 0 Å². The lowest BCUT2D eigenvalue weighted by atomic mass is 9.80. The summed E-state index contributed by atoms with van der Waals surface area (Å²) in [4.78, 5) is 12.1. The van der Waals surface area contributed by atoms with Crippen molar-refractivity contribution in [3.63, 3.8) is 0 Å². The molecule has 1 aliphatic heterocycles. The number of hydrogen-bond acceptors (Lipinski definition) is 2. The number of nitrogens with one attached hydrogen (secondary N) is 3. The molecule has 0 unspecified atom stereocenters. The Kier molecular flexibility index (Phi) is 5.53. The normalized spacial score (nSPS) is 20.4. The van der Waals surface area contributed by atoms with E-state index in [1.165, 1.54) is 0 Å². The van der Waals surface area contributed by atoms with E-state index < -0.39 is 0 Å². The van der Waals surface area contributed by atoms with Crippen molar-refractivity contribution in [1.82, 2.24) is 16.0 Å². The van der Waals surface area contributed by atoms with Gasteiger partial charge in [-0.3, -0.25) is 0 Å². The van der Waals surface area contributed by atoms with Crippen LogP contribution in [-0.2, 0) is 0 Å². The summed E-state index contributed by atoms with van der Waals surface area (Å²) in [6.07, 6.45) is 5.38. The van der Waals surface area contributed by atoms with Crippen molar-refractivity contribution in [3.05, 3.63) is 40.5 Å². The van der Waals surface area contributed by atoms with Crippen LogP contribution in [-0.4, -0.2) is 23.2 Å². The highest BCUT2D eigenvalue weighted by molar-refractivity contribution is 9.10. The minimum atomic E-state index is -0.160. The third-order valence-electron chi connectivity index (χ3n) is 3.91. The summed E-state index contributed by atoms with van der Waals surface area (Å²) in [5.74, 6) is 0. The van der Waals surface area contributed by atoms with E-state index in [2.05, 4.69) is 59.6 Å². The number of hydrogen-bond donors (Lipinski definition) is 3. The highest BCUT2D eigenvalue weighted by Gasteiger charge is 2.38. The van der Waals surface area contributed by atoms with E-state index in [1.54, 1.807) is 6.20 Å². The second-order valence-electron chi connectivity index (χ2n) is 7.47. The molecule has 23 heavy (non-hydrogen) atoms. The van der Waals surface area contributed by atoms with Gasteiger partial charge >= 0.3 is 6.03 Å². The number of rotatable bonds is 3. The Labute approximate surface area is 147 Å². The van der Waals surface area contributed by atoms with Crippen LogP contribution >= 0.6 is 15.9 Å². The molecule has 1 fully saturated rings. The first-order chi connectivity index (χ1) is 10.7. The van der Waals surface area contributed by atoms with Gasteiger partial charge in [0.1, 0.15) is 0 Å². The first-order valence-electron chi connectivity index (χ1n) is 7.94. The Morgan fingerprint density at radius 1 is 1.22 bits per heavy atom. The zero-order chi connectivity index (χ0) is 17.1. The van der Waals surface area contributed by atoms with Crippen LogP contribution in [0.25, 0.3) is 6.08 Å². The topological polar surface area (TPSA) is 53.2 Å². The van der Waals surface area contributed by atoms with Gasteiger partial charge in [0.25, 0.3) is 0 Å². The van der Waals surface area contributed by atoms with Crippen LogP contribution in [0.2, 0.25) is 0 Å². The number of piperidine rings is 1. The first-order valence-corrected chi connectivity index (χ1v) is 8.74. The SMILES string of the molecule is CC1(C)CC(NC(=O)N/C=C/c2ccccc2Br)CC(C)(C)N1. The van der Waals surface area contributed by atoms with Crippen molar-refractivity contribution in [1.29, 1.82) is 0 Å². The summed E-state index contributed by atoms with van der Waals surface area (Å²) in [5.41, 5.74) is 1.06. The van der Waals surface area contributed by atoms with E-state index in [0.29, 0.717) is 0 Å². The van der Waals surface area contributed by atoms with Crippen molar-refractivity contribution in [2.75, 3.05) is 0 Å². The maximum Gasteiger partial charge on any atom is 0.318 e. The quantitative estimate of drug-likeness (QED) is 0.742. The standard InChI is InChI=1S/C18H26BrN3O/c1-17(2)11-14(12-18(3,4)22-17)21-16(23)20-10-9-13-7-5-6-8-15(13)19/h5-10,14,22H,11-12H2,1-4H3,(H2,20,21,23)/b10-9+. The lowest BCUT2D eigenvalue weighted by Gasteiger charge is -2.46. The summed E-state index contributed by atoms with van der Waals surface area (Å²) >= 11 is 3.48. The number of urea groups is 1. The molecule has 0 spiro atoms. The largest absolute Gasteiger partial charge is 0.335 e. The average Bonchev–Trinajstić information content (AvgIpc) is 2.37. The van der Waals surface area contributed by atoms with E-state index >= 15 is 0 Å². The van der Waals surface area contributed by atoms with Crippen molar-refractivity contribution in [2.45, 2.75) is 57.7 Å². The van der Waals surface area contributed by atoms with Gasteiger partial charge < -0.3 is 16.0 Å². The summed E-state index contributed by atoms with van der Waals surface area (Å²) in [5, 5.41) is 9.48. The van der Waals surface area contributed by atoms with Crippen molar-refractivity contribution in [3.8, 4) is 0 Å². The van der Waals surface area contributed by atoms with Crippen LogP contribution < -0.4 is 16.0 Å². The van der Waals surface area contributed by atoms with Crippen molar-refractivity contribution >= 4 is 28.0 Å². The minimum absolute atomic E-state index is 0.0183. The molecule has 2 amide bonds. The molecule has 0 saturated carbocycles. The third kappa shape index (κ3) is 5.66. The number of amides is 2. The number of benzene rings is 1. The molecule has 4 nitrogen and oxygen atoms in total. The molecule has 5 heteroatoms. The van der Waals surface area contributed by atoms with Gasteiger partial charge in [-0.2, -0.15) is 0 Å². The Morgan fingerprint density at radius 2 is 1.83 bits per heavy atom. The molecule has 3 N–H and O–H groups in total. The Hall–Kier alpha value is -1.33. The molecule has 0 aromatic heterocycles. The van der Waals surface area contributed by atoms with E-state index in [0.717, 1.165) is 22.9 Å². The summed E-state index contributed by atoms with van der Waals surface area (Å²) in [6, 6.07) is 7.88. The predicted octanol–water partition coefficient (Wildman–Crippen LogP) is 4.03. The van der Waals surface area contributed by atoms with Gasteiger partial charge in [0.05, 0.1) is 0 Å². The molecule has 126 valence electrons. The van der Waals surface area contributed by atoms with Crippen LogP contribution in [0.15, 0.2) is 34.9 Å². The fourth-order valence-electron chi connectivity index (χ4n) is 3.47. The highest BCUT2D eigenvalue weighted by atomic mass is 79.9. The molecule has 1 heterocycles. The molecule has 1 aromatic rings. The maximum absolute atomic E-state index is 12.1. The Balaban J connectivity index is 1.89. The second kappa shape index (κ2) is 7.05. The monoisotopic (exact) mass is 379 g/mol. The smallest absolute Gasteiger partial charge is 0.318 e. The summed E-state index contributed by atoms with van der Waals surface area (Å²) in [7, 11) is 0. The fourth-order valence-corrected chi connectivity index (χ4v) is 3.89. The molecule has 2 rings (SSSR count). The van der Waals surface area contributed by atoms with Crippen molar-refractivity contribution < 1.29 is 4.79 Å². The lowest BCUT2D eigenvalue weighted by molar-refractivity contribution is 0.148. The highest BCUT2D eigenvalue weighted by Crippen LogP contribution is 2.28. The predicted molar refractivity (Wildman–Crippen MR) is 99.2 cm³/mol. The van der Waals surface area contributed by atoms with Gasteiger partial charge in [-0.05, 0) is 58.2 Å². The average molecular weight is 380 g/mol. The van der Waals surface area contributed by atoms with Gasteiger partial charge in [0.2, 0.25) is 0 Å². The minimum Gasteiger partial charge on any atom is -0.335 e. The molecule has 1 aliphatic rings.